The van der Waals surface area contributed by atoms with Gasteiger partial charge in [-0.2, -0.15) is 13.2 Å². The van der Waals surface area contributed by atoms with Crippen LogP contribution in [0.5, 0.6) is 0 Å². The summed E-state index contributed by atoms with van der Waals surface area (Å²) < 4.78 is 73.6. The maximum Gasteiger partial charge on any atom is 0.389 e. The molecule has 0 amide bonds. The molecule has 0 bridgehead atoms. The molecular formula is C10H12F4N2O2S. The minimum absolute atomic E-state index is 0.0845. The highest BCUT2D eigenvalue weighted by molar-refractivity contribution is 7.92. The van der Waals surface area contributed by atoms with E-state index in [1.165, 1.54) is 6.07 Å². The van der Waals surface area contributed by atoms with Crippen LogP contribution in [0.2, 0.25) is 0 Å². The van der Waals surface area contributed by atoms with Crippen molar-refractivity contribution in [3.63, 3.8) is 0 Å². The lowest BCUT2D eigenvalue weighted by atomic mass is 10.3. The lowest BCUT2D eigenvalue weighted by Gasteiger charge is -2.09. The van der Waals surface area contributed by atoms with Crippen LogP contribution in [0, 0.1) is 5.82 Å². The van der Waals surface area contributed by atoms with Gasteiger partial charge in [-0.3, -0.25) is 4.72 Å². The van der Waals surface area contributed by atoms with Gasteiger partial charge in [-0.25, -0.2) is 12.8 Å². The van der Waals surface area contributed by atoms with Crippen LogP contribution < -0.4 is 10.5 Å². The second-order valence-corrected chi connectivity index (χ2v) is 5.72. The number of alkyl halides is 3. The third-order valence-corrected chi connectivity index (χ3v) is 3.52. The number of halogens is 4. The largest absolute Gasteiger partial charge is 0.396 e. The van der Waals surface area contributed by atoms with Gasteiger partial charge in [0.1, 0.15) is 5.82 Å². The molecule has 0 spiro atoms. The van der Waals surface area contributed by atoms with E-state index in [4.69, 9.17) is 5.73 Å². The molecule has 0 fully saturated rings. The molecule has 0 saturated heterocycles. The van der Waals surface area contributed by atoms with Gasteiger partial charge in [0.2, 0.25) is 10.0 Å². The van der Waals surface area contributed by atoms with Crippen LogP contribution in [0.1, 0.15) is 12.8 Å². The molecule has 0 aliphatic heterocycles. The van der Waals surface area contributed by atoms with Gasteiger partial charge in [0.15, 0.2) is 0 Å². The minimum Gasteiger partial charge on any atom is -0.396 e. The van der Waals surface area contributed by atoms with Crippen LogP contribution in [0.3, 0.4) is 0 Å². The Kier molecular flexibility index (Phi) is 4.61. The van der Waals surface area contributed by atoms with E-state index in [0.29, 0.717) is 0 Å². The van der Waals surface area contributed by atoms with Crippen molar-refractivity contribution < 1.29 is 26.0 Å². The summed E-state index contributed by atoms with van der Waals surface area (Å²) in [6, 6.07) is 3.24. The van der Waals surface area contributed by atoms with Crippen LogP contribution >= 0.6 is 0 Å². The van der Waals surface area contributed by atoms with Crippen LogP contribution in [0.4, 0.5) is 28.9 Å². The summed E-state index contributed by atoms with van der Waals surface area (Å²) in [5.41, 5.74) is 4.97. The summed E-state index contributed by atoms with van der Waals surface area (Å²) in [6.07, 6.45) is -6.15. The van der Waals surface area contributed by atoms with Crippen LogP contribution in [0.15, 0.2) is 18.2 Å². The number of hydrogen-bond acceptors (Lipinski definition) is 3. The molecule has 9 heteroatoms. The monoisotopic (exact) mass is 300 g/mol. The maximum absolute atomic E-state index is 13.1. The predicted molar refractivity (Wildman–Crippen MR) is 63.5 cm³/mol. The fraction of sp³-hybridized carbons (Fsp3) is 0.400. The summed E-state index contributed by atoms with van der Waals surface area (Å²) in [7, 11) is -3.94. The predicted octanol–water partition coefficient (Wildman–Crippen LogP) is 2.49. The normalized spacial score (nSPS) is 12.4. The molecule has 0 saturated carbocycles. The fourth-order valence-electron chi connectivity index (χ4n) is 1.28. The number of hydrogen-bond donors (Lipinski definition) is 2. The van der Waals surface area contributed by atoms with Gasteiger partial charge in [0.25, 0.3) is 0 Å². The van der Waals surface area contributed by atoms with Crippen molar-refractivity contribution in [2.45, 2.75) is 19.0 Å². The fourth-order valence-corrected chi connectivity index (χ4v) is 2.40. The smallest absolute Gasteiger partial charge is 0.389 e. The van der Waals surface area contributed by atoms with Crippen molar-refractivity contribution in [3.05, 3.63) is 24.0 Å². The van der Waals surface area contributed by atoms with Gasteiger partial charge in [0.05, 0.1) is 17.1 Å². The summed E-state index contributed by atoms with van der Waals surface area (Å²) in [5, 5.41) is 0. The highest BCUT2D eigenvalue weighted by Gasteiger charge is 2.27. The molecule has 0 heterocycles. The van der Waals surface area contributed by atoms with E-state index in [2.05, 4.69) is 0 Å². The van der Waals surface area contributed by atoms with Crippen molar-refractivity contribution in [2.24, 2.45) is 0 Å². The van der Waals surface area contributed by atoms with Gasteiger partial charge in [-0.15, -0.1) is 0 Å². The second kappa shape index (κ2) is 5.64. The van der Waals surface area contributed by atoms with E-state index in [0.717, 1.165) is 12.1 Å². The first kappa shape index (κ1) is 15.5. The van der Waals surface area contributed by atoms with Crippen molar-refractivity contribution in [3.8, 4) is 0 Å². The molecule has 4 nitrogen and oxygen atoms in total. The molecule has 3 N–H and O–H groups in total. The number of nitrogens with two attached hydrogens (primary N) is 1. The summed E-state index contributed by atoms with van der Waals surface area (Å²) in [5.74, 6) is -1.51. The molecular weight excluding hydrogens is 288 g/mol. The number of rotatable bonds is 5. The number of anilines is 2. The molecule has 1 rings (SSSR count). The molecule has 108 valence electrons. The first-order valence-corrected chi connectivity index (χ1v) is 6.86. The molecule has 0 aliphatic carbocycles. The lowest BCUT2D eigenvalue weighted by molar-refractivity contribution is -0.134. The zero-order valence-electron chi connectivity index (χ0n) is 9.67. The average molecular weight is 300 g/mol. The zero-order chi connectivity index (χ0) is 14.7. The SMILES string of the molecule is Nc1ccc(NS(=O)(=O)CCCC(F)(F)F)cc1F. The van der Waals surface area contributed by atoms with Crippen LogP contribution in [0.25, 0.3) is 0 Å². The Morgan fingerprint density at radius 2 is 1.89 bits per heavy atom. The molecule has 0 aromatic heterocycles. The Hall–Kier alpha value is -1.51. The number of nitrogens with one attached hydrogen (secondary N) is 1. The standard InChI is InChI=1S/C10H12F4N2O2S/c11-8-6-7(2-3-9(8)15)16-19(17,18)5-1-4-10(12,13)14/h2-3,6,16H,1,4-5,15H2. The number of sulfonamides is 1. The highest BCUT2D eigenvalue weighted by Crippen LogP contribution is 2.22. The topological polar surface area (TPSA) is 72.2 Å². The Labute approximate surface area is 107 Å². The quantitative estimate of drug-likeness (QED) is 0.648. The third-order valence-electron chi connectivity index (χ3n) is 2.15. The highest BCUT2D eigenvalue weighted by atomic mass is 32.2. The summed E-state index contributed by atoms with van der Waals surface area (Å²) in [6.45, 7) is 0. The molecule has 1 aromatic rings. The van der Waals surface area contributed by atoms with Gasteiger partial charge >= 0.3 is 6.18 Å². The van der Waals surface area contributed by atoms with E-state index in [9.17, 15) is 26.0 Å². The van der Waals surface area contributed by atoms with Gasteiger partial charge < -0.3 is 5.73 Å². The first-order valence-electron chi connectivity index (χ1n) is 5.21. The second-order valence-electron chi connectivity index (χ2n) is 3.88. The van der Waals surface area contributed by atoms with Crippen molar-refractivity contribution >= 4 is 21.4 Å². The van der Waals surface area contributed by atoms with E-state index in [1.54, 1.807) is 0 Å². The third kappa shape index (κ3) is 5.77. The summed E-state index contributed by atoms with van der Waals surface area (Å²) >= 11 is 0. The van der Waals surface area contributed by atoms with Crippen LogP contribution in [-0.4, -0.2) is 20.3 Å². The van der Waals surface area contributed by atoms with Crippen molar-refractivity contribution in [1.29, 1.82) is 0 Å². The molecule has 0 atom stereocenters. The Balaban J connectivity index is 2.61. The average Bonchev–Trinajstić information content (AvgIpc) is 2.20. The molecule has 19 heavy (non-hydrogen) atoms. The van der Waals surface area contributed by atoms with E-state index in [1.807, 2.05) is 4.72 Å². The molecule has 1 aromatic carbocycles. The van der Waals surface area contributed by atoms with E-state index < -0.39 is 40.6 Å². The zero-order valence-corrected chi connectivity index (χ0v) is 10.5. The first-order chi connectivity index (χ1) is 8.59. The Bertz CT molecular complexity index is 543. The van der Waals surface area contributed by atoms with E-state index >= 15 is 0 Å². The van der Waals surface area contributed by atoms with Gasteiger partial charge in [0, 0.05) is 12.5 Å². The van der Waals surface area contributed by atoms with Crippen molar-refractivity contribution in [1.82, 2.24) is 0 Å². The molecule has 0 aliphatic rings. The maximum atomic E-state index is 13.1. The van der Waals surface area contributed by atoms with Crippen LogP contribution in [-0.2, 0) is 10.0 Å². The molecule has 0 radical (unpaired) electrons. The Morgan fingerprint density at radius 3 is 2.42 bits per heavy atom. The number of benzene rings is 1. The van der Waals surface area contributed by atoms with Gasteiger partial charge in [-0.05, 0) is 18.6 Å². The van der Waals surface area contributed by atoms with Crippen molar-refractivity contribution in [2.75, 3.05) is 16.2 Å². The number of nitrogen functional groups attached to an aromatic ring is 1. The van der Waals surface area contributed by atoms with E-state index in [-0.39, 0.29) is 11.4 Å². The molecule has 0 unspecified atom stereocenters. The Morgan fingerprint density at radius 1 is 1.26 bits per heavy atom. The minimum atomic E-state index is -4.40. The lowest BCUT2D eigenvalue weighted by Crippen LogP contribution is -2.19. The van der Waals surface area contributed by atoms with Gasteiger partial charge in [-0.1, -0.05) is 0 Å². The summed E-state index contributed by atoms with van der Waals surface area (Å²) in [4.78, 5) is 0.